The second kappa shape index (κ2) is 6.55. The zero-order valence-corrected chi connectivity index (χ0v) is 13.2. The predicted molar refractivity (Wildman–Crippen MR) is 82.4 cm³/mol. The molecular weight excluding hydrogens is 290 g/mol. The molecule has 1 fully saturated rings. The molecule has 21 heavy (non-hydrogen) atoms. The summed E-state index contributed by atoms with van der Waals surface area (Å²) in [5.74, 6) is -0.166. The van der Waals surface area contributed by atoms with Crippen LogP contribution in [0.3, 0.4) is 0 Å². The number of sulfonamides is 1. The first-order valence-electron chi connectivity index (χ1n) is 6.88. The largest absolute Gasteiger partial charge is 0.325 e. The van der Waals surface area contributed by atoms with Crippen LogP contribution in [0.4, 0.5) is 5.69 Å². The number of carbonyl (C=O) groups is 1. The van der Waals surface area contributed by atoms with Crippen LogP contribution in [0.2, 0.25) is 0 Å². The van der Waals surface area contributed by atoms with Crippen molar-refractivity contribution in [3.05, 3.63) is 29.8 Å². The summed E-state index contributed by atoms with van der Waals surface area (Å²) in [6.07, 6.45) is 0.591. The molecule has 0 bridgehead atoms. The van der Waals surface area contributed by atoms with E-state index in [0.29, 0.717) is 18.7 Å². The summed E-state index contributed by atoms with van der Waals surface area (Å²) in [6.45, 7) is 1.10. The second-order valence-corrected chi connectivity index (χ2v) is 7.58. The Morgan fingerprint density at radius 2 is 2.14 bits per heavy atom. The van der Waals surface area contributed by atoms with Crippen LogP contribution in [-0.2, 0) is 21.4 Å². The molecule has 0 spiro atoms. The minimum atomic E-state index is -3.23. The highest BCUT2D eigenvalue weighted by Crippen LogP contribution is 2.15. The number of carbonyl (C=O) groups excluding carboxylic acids is 1. The predicted octanol–water partition coefficient (Wildman–Crippen LogP) is 0.722. The van der Waals surface area contributed by atoms with Gasteiger partial charge in [0, 0.05) is 18.8 Å². The van der Waals surface area contributed by atoms with Crippen LogP contribution in [0.15, 0.2) is 24.3 Å². The van der Waals surface area contributed by atoms with Crippen molar-refractivity contribution < 1.29 is 13.2 Å². The summed E-state index contributed by atoms with van der Waals surface area (Å²) in [6, 6.07) is 7.56. The summed E-state index contributed by atoms with van der Waals surface area (Å²) in [5, 5.41) is 2.76. The number of nitrogens with one attached hydrogen (secondary N) is 1. The number of nitrogens with zero attached hydrogens (tertiary/aromatic N) is 2. The second-order valence-electron chi connectivity index (χ2n) is 5.49. The molecule has 1 aromatic carbocycles. The number of amides is 1. The van der Waals surface area contributed by atoms with E-state index in [1.807, 2.05) is 37.2 Å². The molecule has 116 valence electrons. The molecule has 0 aliphatic carbocycles. The fraction of sp³-hybridized carbons (Fsp3) is 0.500. The van der Waals surface area contributed by atoms with E-state index in [-0.39, 0.29) is 18.2 Å². The first-order chi connectivity index (χ1) is 9.87. The monoisotopic (exact) mass is 311 g/mol. The fourth-order valence-electron chi connectivity index (χ4n) is 2.34. The number of benzene rings is 1. The molecule has 6 nitrogen and oxygen atoms in total. The Morgan fingerprint density at radius 3 is 2.76 bits per heavy atom. The van der Waals surface area contributed by atoms with E-state index in [1.165, 1.54) is 4.31 Å². The SMILES string of the molecule is CN(C)Cc1cccc(NC(=O)CN2CCCS2(=O)=O)c1. The summed E-state index contributed by atoms with van der Waals surface area (Å²) >= 11 is 0. The van der Waals surface area contributed by atoms with Gasteiger partial charge in [0.2, 0.25) is 15.9 Å². The van der Waals surface area contributed by atoms with E-state index in [1.54, 1.807) is 6.07 Å². The van der Waals surface area contributed by atoms with Gasteiger partial charge in [0.25, 0.3) is 0 Å². The van der Waals surface area contributed by atoms with Crippen molar-refractivity contribution in [1.29, 1.82) is 0 Å². The normalized spacial score (nSPS) is 18.0. The van der Waals surface area contributed by atoms with Gasteiger partial charge in [-0.25, -0.2) is 8.42 Å². The summed E-state index contributed by atoms with van der Waals surface area (Å²) in [4.78, 5) is 14.0. The minimum absolute atomic E-state index is 0.111. The van der Waals surface area contributed by atoms with Crippen LogP contribution in [0.25, 0.3) is 0 Å². The lowest BCUT2D eigenvalue weighted by molar-refractivity contribution is -0.116. The highest BCUT2D eigenvalue weighted by molar-refractivity contribution is 7.89. The maximum Gasteiger partial charge on any atom is 0.239 e. The van der Waals surface area contributed by atoms with E-state index >= 15 is 0 Å². The van der Waals surface area contributed by atoms with E-state index in [2.05, 4.69) is 5.32 Å². The third kappa shape index (κ3) is 4.52. The minimum Gasteiger partial charge on any atom is -0.325 e. The highest BCUT2D eigenvalue weighted by Gasteiger charge is 2.29. The quantitative estimate of drug-likeness (QED) is 0.870. The first kappa shape index (κ1) is 15.9. The molecule has 1 aliphatic rings. The molecule has 0 saturated carbocycles. The van der Waals surface area contributed by atoms with Gasteiger partial charge in [-0.05, 0) is 38.2 Å². The van der Waals surface area contributed by atoms with Crippen molar-refractivity contribution in [2.24, 2.45) is 0 Å². The molecule has 0 unspecified atom stereocenters. The molecule has 7 heteroatoms. The van der Waals surface area contributed by atoms with Crippen LogP contribution >= 0.6 is 0 Å². The third-order valence-electron chi connectivity index (χ3n) is 3.23. The molecule has 0 atom stereocenters. The molecule has 1 heterocycles. The van der Waals surface area contributed by atoms with Crippen molar-refractivity contribution in [2.75, 3.05) is 38.3 Å². The van der Waals surface area contributed by atoms with Crippen LogP contribution in [0.1, 0.15) is 12.0 Å². The van der Waals surface area contributed by atoms with E-state index in [4.69, 9.17) is 0 Å². The Morgan fingerprint density at radius 1 is 1.38 bits per heavy atom. The van der Waals surface area contributed by atoms with Crippen molar-refractivity contribution in [3.8, 4) is 0 Å². The Hall–Kier alpha value is -1.44. The summed E-state index contributed by atoms with van der Waals surface area (Å²) < 4.78 is 24.6. The van der Waals surface area contributed by atoms with E-state index in [0.717, 1.165) is 12.1 Å². The average molecular weight is 311 g/mol. The van der Waals surface area contributed by atoms with Crippen LogP contribution in [-0.4, -0.2) is 56.5 Å². The van der Waals surface area contributed by atoms with E-state index in [9.17, 15) is 13.2 Å². The zero-order chi connectivity index (χ0) is 15.5. The molecule has 1 saturated heterocycles. The molecule has 0 aromatic heterocycles. The molecular formula is C14H21N3O3S. The van der Waals surface area contributed by atoms with Gasteiger partial charge >= 0.3 is 0 Å². The van der Waals surface area contributed by atoms with Crippen LogP contribution < -0.4 is 5.32 Å². The number of anilines is 1. The first-order valence-corrected chi connectivity index (χ1v) is 8.49. The highest BCUT2D eigenvalue weighted by atomic mass is 32.2. The van der Waals surface area contributed by atoms with Gasteiger partial charge in [-0.2, -0.15) is 4.31 Å². The van der Waals surface area contributed by atoms with Crippen molar-refractivity contribution in [1.82, 2.24) is 9.21 Å². The van der Waals surface area contributed by atoms with Gasteiger partial charge < -0.3 is 10.2 Å². The molecule has 1 aromatic rings. The van der Waals surface area contributed by atoms with Crippen LogP contribution in [0, 0.1) is 0 Å². The maximum absolute atomic E-state index is 12.0. The summed E-state index contributed by atoms with van der Waals surface area (Å²) in [7, 11) is 0.719. The van der Waals surface area contributed by atoms with Gasteiger partial charge in [-0.15, -0.1) is 0 Å². The van der Waals surface area contributed by atoms with Crippen LogP contribution in [0.5, 0.6) is 0 Å². The Balaban J connectivity index is 1.96. The molecule has 1 aliphatic heterocycles. The Kier molecular flexibility index (Phi) is 4.97. The molecule has 1 N–H and O–H groups in total. The maximum atomic E-state index is 12.0. The Bertz CT molecular complexity index is 614. The molecule has 2 rings (SSSR count). The van der Waals surface area contributed by atoms with Crippen molar-refractivity contribution in [3.63, 3.8) is 0 Å². The zero-order valence-electron chi connectivity index (χ0n) is 12.4. The van der Waals surface area contributed by atoms with E-state index < -0.39 is 10.0 Å². The third-order valence-corrected chi connectivity index (χ3v) is 5.14. The van der Waals surface area contributed by atoms with Gasteiger partial charge in [0.05, 0.1) is 12.3 Å². The van der Waals surface area contributed by atoms with Gasteiger partial charge in [0.15, 0.2) is 0 Å². The van der Waals surface area contributed by atoms with Gasteiger partial charge in [0.1, 0.15) is 0 Å². The number of hydrogen-bond acceptors (Lipinski definition) is 4. The van der Waals surface area contributed by atoms with Gasteiger partial charge in [-0.1, -0.05) is 12.1 Å². The standard InChI is InChI=1S/C14H21N3O3S/c1-16(2)10-12-5-3-6-13(9-12)15-14(18)11-17-7-4-8-21(17,19)20/h3,5-6,9H,4,7-8,10-11H2,1-2H3,(H,15,18). The lowest BCUT2D eigenvalue weighted by Gasteiger charge is -2.15. The number of rotatable bonds is 5. The number of hydrogen-bond donors (Lipinski definition) is 1. The lowest BCUT2D eigenvalue weighted by Crippen LogP contribution is -2.34. The average Bonchev–Trinajstić information content (AvgIpc) is 2.68. The van der Waals surface area contributed by atoms with Gasteiger partial charge in [-0.3, -0.25) is 4.79 Å². The van der Waals surface area contributed by atoms with Crippen molar-refractivity contribution in [2.45, 2.75) is 13.0 Å². The molecule has 0 radical (unpaired) electrons. The lowest BCUT2D eigenvalue weighted by atomic mass is 10.2. The summed E-state index contributed by atoms with van der Waals surface area (Å²) in [5.41, 5.74) is 1.78. The smallest absolute Gasteiger partial charge is 0.239 e. The molecule has 1 amide bonds. The Labute approximate surface area is 125 Å². The van der Waals surface area contributed by atoms with Crippen molar-refractivity contribution >= 4 is 21.6 Å². The topological polar surface area (TPSA) is 69.7 Å². The fourth-order valence-corrected chi connectivity index (χ4v) is 3.82.